The third-order valence-corrected chi connectivity index (χ3v) is 3.95. The Morgan fingerprint density at radius 3 is 2.90 bits per heavy atom. The summed E-state index contributed by atoms with van der Waals surface area (Å²) in [6, 6.07) is 5.14. The topological polar surface area (TPSA) is 41.1 Å². The van der Waals surface area contributed by atoms with Crippen LogP contribution in [0.3, 0.4) is 0 Å². The second kappa shape index (κ2) is 6.49. The van der Waals surface area contributed by atoms with Crippen molar-refractivity contribution in [1.82, 2.24) is 10.6 Å². The predicted molar refractivity (Wildman–Crippen MR) is 71.6 cm³/mol. The molecule has 0 saturated carbocycles. The lowest BCUT2D eigenvalue weighted by atomic mass is 10.2. The molecule has 0 bridgehead atoms. The van der Waals surface area contributed by atoms with Gasteiger partial charge in [-0.05, 0) is 31.2 Å². The zero-order valence-corrected chi connectivity index (χ0v) is 11.5. The summed E-state index contributed by atoms with van der Waals surface area (Å²) >= 11 is 1.11. The molecule has 110 valence electrons. The van der Waals surface area contributed by atoms with Gasteiger partial charge in [-0.2, -0.15) is 13.2 Å². The lowest BCUT2D eigenvalue weighted by molar-refractivity contribution is -0.137. The number of benzene rings is 1. The van der Waals surface area contributed by atoms with Crippen LogP contribution in [0.15, 0.2) is 29.2 Å². The van der Waals surface area contributed by atoms with Crippen LogP contribution in [0.5, 0.6) is 0 Å². The molecule has 1 heterocycles. The summed E-state index contributed by atoms with van der Waals surface area (Å²) in [7, 11) is 0. The molecule has 1 aromatic rings. The van der Waals surface area contributed by atoms with E-state index in [0.29, 0.717) is 4.90 Å². The molecule has 1 unspecified atom stereocenters. The fraction of sp³-hybridized carbons (Fsp3) is 0.462. The summed E-state index contributed by atoms with van der Waals surface area (Å²) in [6.07, 6.45) is -3.46. The molecule has 1 saturated heterocycles. The van der Waals surface area contributed by atoms with E-state index in [-0.39, 0.29) is 17.7 Å². The van der Waals surface area contributed by atoms with Crippen molar-refractivity contribution in [3.8, 4) is 0 Å². The fourth-order valence-electron chi connectivity index (χ4n) is 1.96. The van der Waals surface area contributed by atoms with Gasteiger partial charge in [-0.1, -0.05) is 6.07 Å². The first kappa shape index (κ1) is 15.2. The standard InChI is InChI=1S/C13H15F3N2OS/c14-13(15,16)9-2-1-3-11(6-9)20-8-12(19)18-10-4-5-17-7-10/h1-3,6,10,17H,4-5,7-8H2,(H,18,19). The molecular formula is C13H15F3N2OS. The van der Waals surface area contributed by atoms with Gasteiger partial charge in [-0.15, -0.1) is 11.8 Å². The Morgan fingerprint density at radius 2 is 2.25 bits per heavy atom. The largest absolute Gasteiger partial charge is 0.416 e. The highest BCUT2D eigenvalue weighted by molar-refractivity contribution is 8.00. The van der Waals surface area contributed by atoms with Crippen molar-refractivity contribution in [3.05, 3.63) is 29.8 Å². The van der Waals surface area contributed by atoms with Crippen LogP contribution < -0.4 is 10.6 Å². The SMILES string of the molecule is O=C(CSc1cccc(C(F)(F)F)c1)NC1CCNC1. The molecule has 1 atom stereocenters. The van der Waals surface area contributed by atoms with E-state index in [0.717, 1.165) is 43.4 Å². The number of alkyl halides is 3. The van der Waals surface area contributed by atoms with E-state index in [1.54, 1.807) is 6.07 Å². The number of hydrogen-bond donors (Lipinski definition) is 2. The van der Waals surface area contributed by atoms with Crippen molar-refractivity contribution in [2.24, 2.45) is 0 Å². The van der Waals surface area contributed by atoms with Gasteiger partial charge in [0.2, 0.25) is 5.91 Å². The Bertz CT molecular complexity index is 473. The lowest BCUT2D eigenvalue weighted by Crippen LogP contribution is -2.37. The van der Waals surface area contributed by atoms with Crippen molar-refractivity contribution in [2.75, 3.05) is 18.8 Å². The van der Waals surface area contributed by atoms with Crippen LogP contribution in [0, 0.1) is 0 Å². The van der Waals surface area contributed by atoms with E-state index in [9.17, 15) is 18.0 Å². The summed E-state index contributed by atoms with van der Waals surface area (Å²) < 4.78 is 37.6. The van der Waals surface area contributed by atoms with E-state index in [4.69, 9.17) is 0 Å². The van der Waals surface area contributed by atoms with Crippen LogP contribution >= 0.6 is 11.8 Å². The molecule has 1 amide bonds. The van der Waals surface area contributed by atoms with Crippen LogP contribution in [0.25, 0.3) is 0 Å². The van der Waals surface area contributed by atoms with Gasteiger partial charge >= 0.3 is 6.18 Å². The Labute approximate surface area is 119 Å². The Morgan fingerprint density at radius 1 is 1.45 bits per heavy atom. The molecule has 7 heteroatoms. The Kier molecular flexibility index (Phi) is 4.93. The molecule has 1 aromatic carbocycles. The second-order valence-electron chi connectivity index (χ2n) is 4.57. The first-order valence-electron chi connectivity index (χ1n) is 6.25. The zero-order valence-electron chi connectivity index (χ0n) is 10.7. The number of halogens is 3. The van der Waals surface area contributed by atoms with Crippen LogP contribution in [0.1, 0.15) is 12.0 Å². The molecule has 0 radical (unpaired) electrons. The first-order valence-corrected chi connectivity index (χ1v) is 7.24. The zero-order chi connectivity index (χ0) is 14.6. The quantitative estimate of drug-likeness (QED) is 0.839. The molecule has 2 N–H and O–H groups in total. The second-order valence-corrected chi connectivity index (χ2v) is 5.62. The number of nitrogens with one attached hydrogen (secondary N) is 2. The van der Waals surface area contributed by atoms with E-state index in [2.05, 4.69) is 10.6 Å². The van der Waals surface area contributed by atoms with Crippen LogP contribution in [-0.4, -0.2) is 30.8 Å². The number of carbonyl (C=O) groups is 1. The van der Waals surface area contributed by atoms with Gasteiger partial charge in [-0.25, -0.2) is 0 Å². The highest BCUT2D eigenvalue weighted by Crippen LogP contribution is 2.31. The molecule has 20 heavy (non-hydrogen) atoms. The van der Waals surface area contributed by atoms with Crippen molar-refractivity contribution >= 4 is 17.7 Å². The van der Waals surface area contributed by atoms with Gasteiger partial charge in [-0.3, -0.25) is 4.79 Å². The summed E-state index contributed by atoms with van der Waals surface area (Å²) in [4.78, 5) is 12.1. The minimum atomic E-state index is -4.35. The molecule has 0 spiro atoms. The minimum absolute atomic E-state index is 0.123. The smallest absolute Gasteiger partial charge is 0.351 e. The number of rotatable bonds is 4. The van der Waals surface area contributed by atoms with Gasteiger partial charge in [0.1, 0.15) is 0 Å². The van der Waals surface area contributed by atoms with Gasteiger partial charge in [0.05, 0.1) is 11.3 Å². The number of amides is 1. The summed E-state index contributed by atoms with van der Waals surface area (Å²) in [5.41, 5.74) is -0.692. The first-order chi connectivity index (χ1) is 9.45. The Balaban J connectivity index is 1.85. The third kappa shape index (κ3) is 4.42. The summed E-state index contributed by atoms with van der Waals surface area (Å²) in [5.74, 6) is -0.0289. The lowest BCUT2D eigenvalue weighted by Gasteiger charge is -2.11. The van der Waals surface area contributed by atoms with Crippen molar-refractivity contribution in [1.29, 1.82) is 0 Å². The van der Waals surface area contributed by atoms with Crippen molar-refractivity contribution in [2.45, 2.75) is 23.5 Å². The van der Waals surface area contributed by atoms with E-state index in [1.165, 1.54) is 6.07 Å². The number of hydrogen-bond acceptors (Lipinski definition) is 3. The maximum Gasteiger partial charge on any atom is 0.416 e. The van der Waals surface area contributed by atoms with E-state index in [1.807, 2.05) is 0 Å². The third-order valence-electron chi connectivity index (χ3n) is 2.96. The Hall–Kier alpha value is -1.21. The monoisotopic (exact) mass is 304 g/mol. The molecule has 1 fully saturated rings. The number of carbonyl (C=O) groups excluding carboxylic acids is 1. The highest BCUT2D eigenvalue weighted by atomic mass is 32.2. The molecular weight excluding hydrogens is 289 g/mol. The molecule has 0 aliphatic carbocycles. The molecule has 0 aromatic heterocycles. The van der Waals surface area contributed by atoms with Crippen LogP contribution in [-0.2, 0) is 11.0 Å². The maximum atomic E-state index is 12.5. The average Bonchev–Trinajstić information content (AvgIpc) is 2.88. The van der Waals surface area contributed by atoms with Gasteiger partial charge in [0.25, 0.3) is 0 Å². The molecule has 2 rings (SSSR count). The predicted octanol–water partition coefficient (Wildman–Crippen LogP) is 2.28. The molecule has 1 aliphatic heterocycles. The van der Waals surface area contributed by atoms with Crippen molar-refractivity contribution in [3.63, 3.8) is 0 Å². The average molecular weight is 304 g/mol. The van der Waals surface area contributed by atoms with Crippen LogP contribution in [0.4, 0.5) is 13.2 Å². The summed E-state index contributed by atoms with van der Waals surface area (Å²) in [5, 5.41) is 5.98. The van der Waals surface area contributed by atoms with Crippen molar-refractivity contribution < 1.29 is 18.0 Å². The summed E-state index contributed by atoms with van der Waals surface area (Å²) in [6.45, 7) is 1.63. The normalized spacial score (nSPS) is 19.1. The highest BCUT2D eigenvalue weighted by Gasteiger charge is 2.30. The van der Waals surface area contributed by atoms with Gasteiger partial charge in [0.15, 0.2) is 0 Å². The molecule has 1 aliphatic rings. The van der Waals surface area contributed by atoms with E-state index < -0.39 is 11.7 Å². The fourth-order valence-corrected chi connectivity index (χ4v) is 2.72. The van der Waals surface area contributed by atoms with Gasteiger partial charge in [0, 0.05) is 17.5 Å². The van der Waals surface area contributed by atoms with Crippen LogP contribution in [0.2, 0.25) is 0 Å². The minimum Gasteiger partial charge on any atom is -0.351 e. The van der Waals surface area contributed by atoms with Gasteiger partial charge < -0.3 is 10.6 Å². The molecule has 3 nitrogen and oxygen atoms in total. The van der Waals surface area contributed by atoms with E-state index >= 15 is 0 Å². The number of thioether (sulfide) groups is 1. The maximum absolute atomic E-state index is 12.5.